The lowest BCUT2D eigenvalue weighted by Crippen LogP contribution is -2.33. The van der Waals surface area contributed by atoms with Crippen molar-refractivity contribution in [1.29, 1.82) is 0 Å². The predicted octanol–water partition coefficient (Wildman–Crippen LogP) is 2.82. The van der Waals surface area contributed by atoms with Crippen molar-refractivity contribution in [1.82, 2.24) is 5.32 Å². The van der Waals surface area contributed by atoms with Gasteiger partial charge in [0.2, 0.25) is 0 Å². The summed E-state index contributed by atoms with van der Waals surface area (Å²) in [6.45, 7) is 8.23. The highest BCUT2D eigenvalue weighted by atomic mass is 19.1. The molecule has 3 N–H and O–H groups in total. The largest absolute Gasteiger partial charge is 0.328 e. The fourth-order valence-electron chi connectivity index (χ4n) is 1.95. The third-order valence-electron chi connectivity index (χ3n) is 3.21. The quantitative estimate of drug-likeness (QED) is 0.732. The summed E-state index contributed by atoms with van der Waals surface area (Å²) in [4.78, 5) is 0. The Balaban J connectivity index is 2.37. The zero-order valence-corrected chi connectivity index (χ0v) is 11.7. The lowest BCUT2D eigenvalue weighted by Gasteiger charge is -2.26. The molecule has 0 aromatic heterocycles. The maximum Gasteiger partial charge on any atom is 0.123 e. The molecule has 0 spiro atoms. The maximum atomic E-state index is 12.9. The summed E-state index contributed by atoms with van der Waals surface area (Å²) >= 11 is 0. The van der Waals surface area contributed by atoms with Crippen LogP contribution in [0.3, 0.4) is 0 Å². The molecule has 0 saturated carbocycles. The first kappa shape index (κ1) is 15.1. The van der Waals surface area contributed by atoms with Crippen LogP contribution in [0.5, 0.6) is 0 Å². The van der Waals surface area contributed by atoms with Crippen LogP contribution in [-0.2, 0) is 5.41 Å². The molecule has 1 aromatic rings. The van der Waals surface area contributed by atoms with Gasteiger partial charge in [-0.25, -0.2) is 4.39 Å². The smallest absolute Gasteiger partial charge is 0.123 e. The number of nitrogens with one attached hydrogen (secondary N) is 1. The molecule has 1 atom stereocenters. The first-order valence-electron chi connectivity index (χ1n) is 6.64. The summed E-state index contributed by atoms with van der Waals surface area (Å²) in [6, 6.07) is 7.04. The minimum atomic E-state index is -0.181. The SMILES string of the molecule is CC(N)CCCNCC(C)(C)c1ccc(F)cc1. The molecule has 2 nitrogen and oxygen atoms in total. The van der Waals surface area contributed by atoms with E-state index in [1.807, 2.05) is 19.1 Å². The molecule has 1 aromatic carbocycles. The second kappa shape index (κ2) is 6.86. The van der Waals surface area contributed by atoms with Crippen LogP contribution in [0.4, 0.5) is 4.39 Å². The van der Waals surface area contributed by atoms with Crippen molar-refractivity contribution in [3.05, 3.63) is 35.6 Å². The second-order valence-electron chi connectivity index (χ2n) is 5.69. The highest BCUT2D eigenvalue weighted by Crippen LogP contribution is 2.22. The van der Waals surface area contributed by atoms with Crippen molar-refractivity contribution in [2.24, 2.45) is 5.73 Å². The first-order valence-corrected chi connectivity index (χ1v) is 6.64. The summed E-state index contributed by atoms with van der Waals surface area (Å²) < 4.78 is 12.9. The topological polar surface area (TPSA) is 38.0 Å². The van der Waals surface area contributed by atoms with Crippen LogP contribution in [0.15, 0.2) is 24.3 Å². The number of hydrogen-bond acceptors (Lipinski definition) is 2. The number of rotatable bonds is 7. The summed E-state index contributed by atoms with van der Waals surface area (Å²) in [5, 5.41) is 3.44. The standard InChI is InChI=1S/C15H25FN2/c1-12(17)5-4-10-18-11-15(2,3)13-6-8-14(16)9-7-13/h6-9,12,18H,4-5,10-11,17H2,1-3H3. The summed E-state index contributed by atoms with van der Waals surface area (Å²) in [6.07, 6.45) is 2.14. The predicted molar refractivity (Wildman–Crippen MR) is 75.2 cm³/mol. The molecule has 0 saturated heterocycles. The Bertz CT molecular complexity index is 344. The van der Waals surface area contributed by atoms with Gasteiger partial charge in [-0.15, -0.1) is 0 Å². The fourth-order valence-corrected chi connectivity index (χ4v) is 1.95. The first-order chi connectivity index (χ1) is 8.42. The average Bonchev–Trinajstić information content (AvgIpc) is 2.28. The van der Waals surface area contributed by atoms with E-state index in [4.69, 9.17) is 5.73 Å². The molecule has 0 aliphatic rings. The van der Waals surface area contributed by atoms with Crippen molar-refractivity contribution in [2.45, 2.75) is 45.1 Å². The molecule has 0 aliphatic heterocycles. The van der Waals surface area contributed by atoms with E-state index in [-0.39, 0.29) is 17.3 Å². The van der Waals surface area contributed by atoms with Crippen molar-refractivity contribution in [2.75, 3.05) is 13.1 Å². The van der Waals surface area contributed by atoms with Gasteiger partial charge in [-0.2, -0.15) is 0 Å². The summed E-state index contributed by atoms with van der Waals surface area (Å²) in [7, 11) is 0. The third-order valence-corrected chi connectivity index (χ3v) is 3.21. The fraction of sp³-hybridized carbons (Fsp3) is 0.600. The molecule has 0 bridgehead atoms. The van der Waals surface area contributed by atoms with Gasteiger partial charge < -0.3 is 11.1 Å². The van der Waals surface area contributed by atoms with Gasteiger partial charge in [0, 0.05) is 18.0 Å². The number of halogens is 1. The van der Waals surface area contributed by atoms with E-state index < -0.39 is 0 Å². The lowest BCUT2D eigenvalue weighted by atomic mass is 9.84. The minimum absolute atomic E-state index is 0.0159. The van der Waals surface area contributed by atoms with Crippen LogP contribution in [0.1, 0.15) is 39.2 Å². The summed E-state index contributed by atoms with van der Waals surface area (Å²) in [5.41, 5.74) is 6.87. The van der Waals surface area contributed by atoms with Crippen molar-refractivity contribution in [3.63, 3.8) is 0 Å². The zero-order valence-electron chi connectivity index (χ0n) is 11.7. The van der Waals surface area contributed by atoms with E-state index in [0.29, 0.717) is 0 Å². The van der Waals surface area contributed by atoms with Crippen LogP contribution in [0.25, 0.3) is 0 Å². The monoisotopic (exact) mass is 252 g/mol. The van der Waals surface area contributed by atoms with E-state index in [1.54, 1.807) is 0 Å². The molecule has 1 rings (SSSR count). The highest BCUT2D eigenvalue weighted by Gasteiger charge is 2.19. The van der Waals surface area contributed by atoms with E-state index >= 15 is 0 Å². The molecule has 18 heavy (non-hydrogen) atoms. The van der Waals surface area contributed by atoms with E-state index in [9.17, 15) is 4.39 Å². The van der Waals surface area contributed by atoms with Crippen LogP contribution in [-0.4, -0.2) is 19.1 Å². The van der Waals surface area contributed by atoms with Crippen molar-refractivity contribution in [3.8, 4) is 0 Å². The van der Waals surface area contributed by atoms with Gasteiger partial charge in [0.15, 0.2) is 0 Å². The minimum Gasteiger partial charge on any atom is -0.328 e. The van der Waals surface area contributed by atoms with E-state index in [1.165, 1.54) is 12.1 Å². The molecular formula is C15H25FN2. The zero-order chi connectivity index (χ0) is 13.6. The Hall–Kier alpha value is -0.930. The molecule has 3 heteroatoms. The van der Waals surface area contributed by atoms with Gasteiger partial charge in [0.25, 0.3) is 0 Å². The third kappa shape index (κ3) is 5.15. The number of benzene rings is 1. The lowest BCUT2D eigenvalue weighted by molar-refractivity contribution is 0.458. The van der Waals surface area contributed by atoms with Crippen LogP contribution < -0.4 is 11.1 Å². The Kier molecular flexibility index (Phi) is 5.76. The van der Waals surface area contributed by atoms with Crippen molar-refractivity contribution < 1.29 is 4.39 Å². The summed E-state index contributed by atoms with van der Waals surface area (Å²) in [5.74, 6) is -0.181. The van der Waals surface area contributed by atoms with Crippen LogP contribution in [0, 0.1) is 5.82 Å². The van der Waals surface area contributed by atoms with Crippen LogP contribution >= 0.6 is 0 Å². The normalized spacial score (nSPS) is 13.6. The molecular weight excluding hydrogens is 227 g/mol. The van der Waals surface area contributed by atoms with Gasteiger partial charge in [-0.1, -0.05) is 26.0 Å². The van der Waals surface area contributed by atoms with Gasteiger partial charge >= 0.3 is 0 Å². The highest BCUT2D eigenvalue weighted by molar-refractivity contribution is 5.24. The van der Waals surface area contributed by atoms with Gasteiger partial charge in [-0.05, 0) is 44.0 Å². The average molecular weight is 252 g/mol. The van der Waals surface area contributed by atoms with Gasteiger partial charge in [0.05, 0.1) is 0 Å². The number of nitrogens with two attached hydrogens (primary N) is 1. The molecule has 0 radical (unpaired) electrons. The van der Waals surface area contributed by atoms with Gasteiger partial charge in [-0.3, -0.25) is 0 Å². The Morgan fingerprint density at radius 2 is 1.89 bits per heavy atom. The second-order valence-corrected chi connectivity index (χ2v) is 5.69. The molecule has 0 aliphatic carbocycles. The molecule has 102 valence electrons. The molecule has 0 fully saturated rings. The molecule has 1 unspecified atom stereocenters. The van der Waals surface area contributed by atoms with E-state index in [2.05, 4.69) is 19.2 Å². The molecule has 0 heterocycles. The van der Waals surface area contributed by atoms with Crippen LogP contribution in [0.2, 0.25) is 0 Å². The number of hydrogen-bond donors (Lipinski definition) is 2. The Labute approximate surface area is 110 Å². The Morgan fingerprint density at radius 1 is 1.28 bits per heavy atom. The van der Waals surface area contributed by atoms with E-state index in [0.717, 1.165) is 31.5 Å². The molecule has 0 amide bonds. The Morgan fingerprint density at radius 3 is 2.44 bits per heavy atom. The maximum absolute atomic E-state index is 12.9. The van der Waals surface area contributed by atoms with Crippen molar-refractivity contribution >= 4 is 0 Å². The van der Waals surface area contributed by atoms with Gasteiger partial charge in [0.1, 0.15) is 5.82 Å².